The Labute approximate surface area is 138 Å². The Morgan fingerprint density at radius 2 is 1.50 bits per heavy atom. The lowest BCUT2D eigenvalue weighted by Gasteiger charge is -2.28. The first-order valence-electron chi connectivity index (χ1n) is 7.73. The average molecular weight is 355 g/mol. The zero-order valence-corrected chi connectivity index (χ0v) is 13.3. The van der Waals surface area contributed by atoms with Crippen LogP contribution in [0.15, 0.2) is 0 Å². The van der Waals surface area contributed by atoms with Crippen LogP contribution in [-0.4, -0.2) is 53.1 Å². The fraction of sp³-hybridized carbons (Fsp3) is 0.786. The third-order valence-electron chi connectivity index (χ3n) is 3.35. The Morgan fingerprint density at radius 1 is 0.958 bits per heavy atom. The fourth-order valence-electron chi connectivity index (χ4n) is 2.13. The van der Waals surface area contributed by atoms with Crippen molar-refractivity contribution in [1.82, 2.24) is 4.90 Å². The quantitative estimate of drug-likeness (QED) is 0.475. The van der Waals surface area contributed by atoms with Crippen LogP contribution < -0.4 is 11.5 Å². The predicted molar refractivity (Wildman–Crippen MR) is 79.8 cm³/mol. The number of carboxylic acid groups (broad SMARTS) is 1. The van der Waals surface area contributed by atoms with Gasteiger partial charge in [0.05, 0.1) is 0 Å². The van der Waals surface area contributed by atoms with Gasteiger partial charge in [-0.15, -0.1) is 0 Å². The van der Waals surface area contributed by atoms with E-state index in [9.17, 15) is 27.6 Å². The van der Waals surface area contributed by atoms with Gasteiger partial charge in [-0.1, -0.05) is 6.42 Å². The molecule has 0 radical (unpaired) electrons. The minimum Gasteiger partial charge on any atom is -0.480 e. The molecule has 10 heteroatoms. The molecular formula is C14H24F3N3O4. The highest BCUT2D eigenvalue weighted by atomic mass is 19.4. The third-order valence-corrected chi connectivity index (χ3v) is 3.35. The summed E-state index contributed by atoms with van der Waals surface area (Å²) in [5, 5.41) is 9.15. The number of rotatable bonds is 11. The van der Waals surface area contributed by atoms with E-state index in [1.54, 1.807) is 0 Å². The monoisotopic (exact) mass is 355 g/mol. The van der Waals surface area contributed by atoms with Crippen LogP contribution in [-0.2, 0) is 14.4 Å². The normalized spacial score (nSPS) is 12.7. The Hall–Kier alpha value is -1.68. The van der Waals surface area contributed by atoms with E-state index in [1.807, 2.05) is 0 Å². The predicted octanol–water partition coefficient (Wildman–Crippen LogP) is 1.01. The van der Waals surface area contributed by atoms with Crippen molar-refractivity contribution in [1.29, 1.82) is 0 Å². The number of imide groups is 1. The molecule has 0 spiro atoms. The maximum Gasteiger partial charge on any atom is 0.471 e. The first-order valence-corrected chi connectivity index (χ1v) is 7.73. The molecule has 0 saturated carbocycles. The van der Waals surface area contributed by atoms with Crippen molar-refractivity contribution in [2.24, 2.45) is 11.5 Å². The van der Waals surface area contributed by atoms with E-state index >= 15 is 0 Å². The highest BCUT2D eigenvalue weighted by molar-refractivity contribution is 6.01. The first kappa shape index (κ1) is 22.3. The molecule has 140 valence electrons. The van der Waals surface area contributed by atoms with Gasteiger partial charge in [0.25, 0.3) is 0 Å². The van der Waals surface area contributed by atoms with Crippen molar-refractivity contribution >= 4 is 17.8 Å². The second kappa shape index (κ2) is 11.0. The number of halogens is 3. The molecule has 5 N–H and O–H groups in total. The molecule has 24 heavy (non-hydrogen) atoms. The zero-order chi connectivity index (χ0) is 18.8. The van der Waals surface area contributed by atoms with E-state index in [-0.39, 0.29) is 37.1 Å². The SMILES string of the molecule is NCCCCCC(=O)N(C(=O)C(F)(F)F)C(CCCCN)C(=O)O. The largest absolute Gasteiger partial charge is 0.480 e. The number of alkyl halides is 3. The number of hydrogen-bond donors (Lipinski definition) is 3. The molecule has 0 rings (SSSR count). The summed E-state index contributed by atoms with van der Waals surface area (Å²) < 4.78 is 38.2. The van der Waals surface area contributed by atoms with Crippen LogP contribution in [0.25, 0.3) is 0 Å². The van der Waals surface area contributed by atoms with Crippen molar-refractivity contribution < 1.29 is 32.7 Å². The van der Waals surface area contributed by atoms with Crippen LogP contribution in [0, 0.1) is 0 Å². The van der Waals surface area contributed by atoms with Crippen molar-refractivity contribution in [3.8, 4) is 0 Å². The van der Waals surface area contributed by atoms with Gasteiger partial charge in [0.1, 0.15) is 6.04 Å². The molecule has 1 atom stereocenters. The van der Waals surface area contributed by atoms with Gasteiger partial charge in [0.2, 0.25) is 5.91 Å². The molecule has 0 bridgehead atoms. The number of nitrogens with two attached hydrogens (primary N) is 2. The van der Waals surface area contributed by atoms with Gasteiger partial charge >= 0.3 is 18.1 Å². The van der Waals surface area contributed by atoms with E-state index in [1.165, 1.54) is 0 Å². The molecule has 0 saturated heterocycles. The Morgan fingerprint density at radius 3 is 1.96 bits per heavy atom. The zero-order valence-electron chi connectivity index (χ0n) is 13.3. The number of nitrogens with zero attached hydrogens (tertiary/aromatic N) is 1. The highest BCUT2D eigenvalue weighted by Gasteiger charge is 2.48. The van der Waals surface area contributed by atoms with E-state index in [2.05, 4.69) is 0 Å². The topological polar surface area (TPSA) is 127 Å². The van der Waals surface area contributed by atoms with Gasteiger partial charge in [-0.3, -0.25) is 14.5 Å². The Bertz CT molecular complexity index is 430. The van der Waals surface area contributed by atoms with E-state index in [4.69, 9.17) is 16.6 Å². The Balaban J connectivity index is 5.23. The van der Waals surface area contributed by atoms with Gasteiger partial charge in [0.15, 0.2) is 0 Å². The number of aliphatic carboxylic acids is 1. The lowest BCUT2D eigenvalue weighted by Crippen LogP contribution is -2.53. The number of hydrogen-bond acceptors (Lipinski definition) is 5. The van der Waals surface area contributed by atoms with E-state index in [0.717, 1.165) is 0 Å². The second-order valence-corrected chi connectivity index (χ2v) is 5.30. The summed E-state index contributed by atoms with van der Waals surface area (Å²) in [5.41, 5.74) is 10.5. The van der Waals surface area contributed by atoms with Crippen LogP contribution in [0.1, 0.15) is 44.9 Å². The molecule has 1 unspecified atom stereocenters. The second-order valence-electron chi connectivity index (χ2n) is 5.30. The maximum absolute atomic E-state index is 12.7. The number of unbranched alkanes of at least 4 members (excludes halogenated alkanes) is 3. The van der Waals surface area contributed by atoms with Crippen LogP contribution in [0.4, 0.5) is 13.2 Å². The minimum absolute atomic E-state index is 0.165. The summed E-state index contributed by atoms with van der Waals surface area (Å²) in [4.78, 5) is 34.7. The van der Waals surface area contributed by atoms with Crippen molar-refractivity contribution in [3.05, 3.63) is 0 Å². The number of carboxylic acids is 1. The Kier molecular flexibility index (Phi) is 10.2. The van der Waals surface area contributed by atoms with Crippen molar-refractivity contribution in [2.45, 2.75) is 57.2 Å². The minimum atomic E-state index is -5.32. The highest BCUT2D eigenvalue weighted by Crippen LogP contribution is 2.23. The van der Waals surface area contributed by atoms with Crippen LogP contribution in [0.5, 0.6) is 0 Å². The lowest BCUT2D eigenvalue weighted by molar-refractivity contribution is -0.192. The maximum atomic E-state index is 12.7. The summed E-state index contributed by atoms with van der Waals surface area (Å²) in [6, 6.07) is -1.85. The summed E-state index contributed by atoms with van der Waals surface area (Å²) in [6.07, 6.45) is -4.06. The number of carbonyl (C=O) groups is 3. The molecule has 0 aromatic carbocycles. The molecule has 2 amide bonds. The van der Waals surface area contributed by atoms with Crippen LogP contribution in [0.2, 0.25) is 0 Å². The first-order chi connectivity index (χ1) is 11.2. The van der Waals surface area contributed by atoms with Crippen LogP contribution >= 0.6 is 0 Å². The standard InChI is InChI=1S/C14H24F3N3O4/c15-14(16,17)13(24)20(11(21)7-2-1-4-8-18)10(12(22)23)6-3-5-9-19/h10H,1-9,18-19H2,(H,22,23). The van der Waals surface area contributed by atoms with E-state index in [0.29, 0.717) is 25.8 Å². The number of carbonyl (C=O) groups excluding carboxylic acids is 2. The molecule has 0 aliphatic rings. The molecule has 0 aromatic heterocycles. The molecule has 0 heterocycles. The molecule has 0 fully saturated rings. The fourth-order valence-corrected chi connectivity index (χ4v) is 2.13. The van der Waals surface area contributed by atoms with Crippen LogP contribution in [0.3, 0.4) is 0 Å². The van der Waals surface area contributed by atoms with Gasteiger partial charge in [0, 0.05) is 6.42 Å². The number of amides is 2. The molecule has 7 nitrogen and oxygen atoms in total. The van der Waals surface area contributed by atoms with Gasteiger partial charge < -0.3 is 16.6 Å². The summed E-state index contributed by atoms with van der Waals surface area (Å²) in [7, 11) is 0. The van der Waals surface area contributed by atoms with Gasteiger partial charge in [-0.25, -0.2) is 4.79 Å². The van der Waals surface area contributed by atoms with Crippen molar-refractivity contribution in [2.75, 3.05) is 13.1 Å². The molecule has 0 aliphatic heterocycles. The summed E-state index contributed by atoms with van der Waals surface area (Å²) in [6.45, 7) is 0.600. The van der Waals surface area contributed by atoms with Gasteiger partial charge in [-0.2, -0.15) is 13.2 Å². The smallest absolute Gasteiger partial charge is 0.471 e. The molecule has 0 aromatic rings. The average Bonchev–Trinajstić information content (AvgIpc) is 2.49. The summed E-state index contributed by atoms with van der Waals surface area (Å²) in [5.74, 6) is -5.25. The van der Waals surface area contributed by atoms with Crippen molar-refractivity contribution in [3.63, 3.8) is 0 Å². The molecule has 0 aliphatic carbocycles. The third kappa shape index (κ3) is 7.73. The lowest BCUT2D eigenvalue weighted by atomic mass is 10.1. The molecular weight excluding hydrogens is 331 g/mol. The van der Waals surface area contributed by atoms with Gasteiger partial charge in [-0.05, 0) is 45.2 Å². The summed E-state index contributed by atoms with van der Waals surface area (Å²) >= 11 is 0. The van der Waals surface area contributed by atoms with E-state index < -0.39 is 30.0 Å².